The number of rotatable bonds is 3. The van der Waals surface area contributed by atoms with Crippen molar-refractivity contribution in [2.45, 2.75) is 0 Å². The van der Waals surface area contributed by atoms with Gasteiger partial charge in [0, 0.05) is 43.0 Å². The molecule has 1 aliphatic heterocycles. The zero-order valence-corrected chi connectivity index (χ0v) is 15.4. The molecule has 1 saturated heterocycles. The summed E-state index contributed by atoms with van der Waals surface area (Å²) in [5.41, 5.74) is 0.573. The average Bonchev–Trinajstić information content (AvgIpc) is 3.23. The molecule has 0 aromatic carbocycles. The highest BCUT2D eigenvalue weighted by Crippen LogP contribution is 2.17. The van der Waals surface area contributed by atoms with Crippen molar-refractivity contribution >= 4 is 27.7 Å². The van der Waals surface area contributed by atoms with Crippen LogP contribution in [-0.4, -0.2) is 61.7 Å². The van der Waals surface area contributed by atoms with E-state index in [0.717, 1.165) is 23.4 Å². The van der Waals surface area contributed by atoms with Gasteiger partial charge in [-0.1, -0.05) is 0 Å². The number of aromatic nitrogens is 5. The van der Waals surface area contributed by atoms with Crippen LogP contribution in [0.25, 0.3) is 5.82 Å². The Bertz CT molecular complexity index is 872. The van der Waals surface area contributed by atoms with Crippen LogP contribution in [0.1, 0.15) is 10.4 Å². The maximum absolute atomic E-state index is 12.7. The van der Waals surface area contributed by atoms with Crippen LogP contribution >= 0.6 is 15.9 Å². The van der Waals surface area contributed by atoms with Gasteiger partial charge in [-0.3, -0.25) is 4.79 Å². The molecule has 0 spiro atoms. The number of nitrogens with zero attached hydrogens (tertiary/aromatic N) is 7. The van der Waals surface area contributed by atoms with Gasteiger partial charge in [-0.25, -0.2) is 19.6 Å². The average molecular weight is 414 g/mol. The Morgan fingerprint density at radius 2 is 1.73 bits per heavy atom. The topological polar surface area (TPSA) is 80.0 Å². The summed E-state index contributed by atoms with van der Waals surface area (Å²) in [6, 6.07) is 7.50. The van der Waals surface area contributed by atoms with Crippen molar-refractivity contribution in [2.24, 2.45) is 0 Å². The Labute approximate surface area is 158 Å². The van der Waals surface area contributed by atoms with Crippen molar-refractivity contribution in [3.63, 3.8) is 0 Å². The van der Waals surface area contributed by atoms with Crippen LogP contribution < -0.4 is 4.90 Å². The quantitative estimate of drug-likeness (QED) is 0.650. The van der Waals surface area contributed by atoms with Gasteiger partial charge < -0.3 is 9.80 Å². The van der Waals surface area contributed by atoms with E-state index in [2.05, 4.69) is 40.9 Å². The molecule has 0 saturated carbocycles. The van der Waals surface area contributed by atoms with Crippen LogP contribution in [0.2, 0.25) is 0 Å². The molecule has 4 rings (SSSR count). The molecule has 0 radical (unpaired) electrons. The predicted molar refractivity (Wildman–Crippen MR) is 99.2 cm³/mol. The maximum atomic E-state index is 12.7. The molecular formula is C17H16BrN7O. The molecule has 0 bridgehead atoms. The Morgan fingerprint density at radius 3 is 2.35 bits per heavy atom. The second-order valence-corrected chi connectivity index (χ2v) is 6.77. The van der Waals surface area contributed by atoms with E-state index in [-0.39, 0.29) is 5.91 Å². The third-order valence-electron chi connectivity index (χ3n) is 4.25. The molecule has 4 heterocycles. The van der Waals surface area contributed by atoms with Crippen LogP contribution in [0.5, 0.6) is 0 Å². The molecule has 1 fully saturated rings. The zero-order chi connectivity index (χ0) is 17.9. The smallest absolute Gasteiger partial charge is 0.255 e. The van der Waals surface area contributed by atoms with E-state index in [1.807, 2.05) is 17.0 Å². The summed E-state index contributed by atoms with van der Waals surface area (Å²) in [6.07, 6.45) is 6.39. The monoisotopic (exact) mass is 413 g/mol. The van der Waals surface area contributed by atoms with Crippen LogP contribution in [0.15, 0.2) is 53.8 Å². The van der Waals surface area contributed by atoms with Gasteiger partial charge in [0.15, 0.2) is 5.82 Å². The lowest BCUT2D eigenvalue weighted by molar-refractivity contribution is 0.0746. The number of piperazine rings is 1. The third-order valence-corrected chi connectivity index (χ3v) is 4.72. The molecule has 0 N–H and O–H groups in total. The number of hydrogen-bond acceptors (Lipinski definition) is 6. The first-order valence-corrected chi connectivity index (χ1v) is 8.97. The van der Waals surface area contributed by atoms with Gasteiger partial charge in [0.05, 0.1) is 5.56 Å². The Hall–Kier alpha value is -2.81. The Balaban J connectivity index is 1.39. The summed E-state index contributed by atoms with van der Waals surface area (Å²) in [7, 11) is 0. The lowest BCUT2D eigenvalue weighted by atomic mass is 10.2. The van der Waals surface area contributed by atoms with Crippen LogP contribution in [0.3, 0.4) is 0 Å². The van der Waals surface area contributed by atoms with Crippen molar-refractivity contribution in [1.82, 2.24) is 29.6 Å². The molecule has 132 valence electrons. The molecule has 9 heteroatoms. The van der Waals surface area contributed by atoms with Crippen LogP contribution in [-0.2, 0) is 0 Å². The Kier molecular flexibility index (Phi) is 4.61. The summed E-state index contributed by atoms with van der Waals surface area (Å²) in [5, 5.41) is 4.03. The SMILES string of the molecule is O=C(c1ccc(-n2cncn2)nc1)N1CCN(c2ccc(Br)cn2)CC1. The van der Waals surface area contributed by atoms with E-state index in [1.54, 1.807) is 35.5 Å². The molecule has 1 aliphatic rings. The first-order valence-electron chi connectivity index (χ1n) is 8.17. The largest absolute Gasteiger partial charge is 0.353 e. The highest BCUT2D eigenvalue weighted by Gasteiger charge is 2.23. The van der Waals surface area contributed by atoms with Crippen LogP contribution in [0, 0.1) is 0 Å². The first kappa shape index (κ1) is 16.6. The molecular weight excluding hydrogens is 398 g/mol. The number of pyridine rings is 2. The van der Waals surface area contributed by atoms with E-state index < -0.39 is 0 Å². The molecule has 0 atom stereocenters. The second-order valence-electron chi connectivity index (χ2n) is 5.86. The lowest BCUT2D eigenvalue weighted by Crippen LogP contribution is -2.49. The van der Waals surface area contributed by atoms with Gasteiger partial charge >= 0.3 is 0 Å². The summed E-state index contributed by atoms with van der Waals surface area (Å²) < 4.78 is 2.51. The fourth-order valence-electron chi connectivity index (χ4n) is 2.85. The second kappa shape index (κ2) is 7.20. The normalized spacial score (nSPS) is 14.5. The summed E-state index contributed by atoms with van der Waals surface area (Å²) in [4.78, 5) is 29.3. The third kappa shape index (κ3) is 3.43. The fourth-order valence-corrected chi connectivity index (χ4v) is 3.09. The highest BCUT2D eigenvalue weighted by molar-refractivity contribution is 9.10. The maximum Gasteiger partial charge on any atom is 0.255 e. The lowest BCUT2D eigenvalue weighted by Gasteiger charge is -2.35. The molecule has 0 aliphatic carbocycles. The van der Waals surface area contributed by atoms with E-state index >= 15 is 0 Å². The summed E-state index contributed by atoms with van der Waals surface area (Å²) >= 11 is 3.39. The van der Waals surface area contributed by atoms with Crippen molar-refractivity contribution in [3.05, 3.63) is 59.3 Å². The number of amides is 1. The van der Waals surface area contributed by atoms with E-state index in [4.69, 9.17) is 0 Å². The summed E-state index contributed by atoms with van der Waals surface area (Å²) in [5.74, 6) is 1.55. The number of halogens is 1. The Morgan fingerprint density at radius 1 is 0.962 bits per heavy atom. The van der Waals surface area contributed by atoms with Gasteiger partial charge in [-0.15, -0.1) is 0 Å². The zero-order valence-electron chi connectivity index (χ0n) is 13.9. The van der Waals surface area contributed by atoms with Crippen molar-refractivity contribution in [1.29, 1.82) is 0 Å². The number of hydrogen-bond donors (Lipinski definition) is 0. The molecule has 3 aromatic heterocycles. The van der Waals surface area contributed by atoms with Crippen molar-refractivity contribution in [2.75, 3.05) is 31.1 Å². The predicted octanol–water partition coefficient (Wildman–Crippen LogP) is 1.78. The minimum Gasteiger partial charge on any atom is -0.353 e. The number of anilines is 1. The highest BCUT2D eigenvalue weighted by atomic mass is 79.9. The molecule has 1 amide bonds. The first-order chi connectivity index (χ1) is 12.7. The number of carbonyl (C=O) groups excluding carboxylic acids is 1. The van der Waals surface area contributed by atoms with E-state index in [9.17, 15) is 4.79 Å². The van der Waals surface area contributed by atoms with Crippen molar-refractivity contribution < 1.29 is 4.79 Å². The van der Waals surface area contributed by atoms with Gasteiger partial charge in [0.2, 0.25) is 0 Å². The van der Waals surface area contributed by atoms with Crippen molar-refractivity contribution in [3.8, 4) is 5.82 Å². The molecule has 26 heavy (non-hydrogen) atoms. The van der Waals surface area contributed by atoms with E-state index in [1.165, 1.54) is 6.33 Å². The van der Waals surface area contributed by atoms with Crippen LogP contribution in [0.4, 0.5) is 5.82 Å². The van der Waals surface area contributed by atoms with Gasteiger partial charge in [0.25, 0.3) is 5.91 Å². The standard InChI is InChI=1S/C17H16BrN7O/c18-14-2-4-15(21-10-14)23-5-7-24(8-6-23)17(26)13-1-3-16(20-9-13)25-12-19-11-22-25/h1-4,9-12H,5-8H2. The molecule has 3 aromatic rings. The van der Waals surface area contributed by atoms with Gasteiger partial charge in [0.1, 0.15) is 18.5 Å². The summed E-state index contributed by atoms with van der Waals surface area (Å²) in [6.45, 7) is 2.82. The fraction of sp³-hybridized carbons (Fsp3) is 0.235. The van der Waals surface area contributed by atoms with Gasteiger partial charge in [-0.05, 0) is 40.2 Å². The van der Waals surface area contributed by atoms with Gasteiger partial charge in [-0.2, -0.15) is 5.10 Å². The minimum absolute atomic E-state index is 0.00828. The minimum atomic E-state index is -0.00828. The molecule has 0 unspecified atom stereocenters. The van der Waals surface area contributed by atoms with E-state index in [0.29, 0.717) is 24.5 Å². The number of carbonyl (C=O) groups is 1. The molecule has 8 nitrogen and oxygen atoms in total.